The molecule has 0 aromatic heterocycles. The molecular weight excluding hydrogens is 374 g/mol. The first-order valence-electron chi connectivity index (χ1n) is 9.45. The Morgan fingerprint density at radius 1 is 1.17 bits per heavy atom. The fraction of sp³-hybridized carbons (Fsp3) is 0.409. The van der Waals surface area contributed by atoms with Crippen molar-refractivity contribution in [1.29, 1.82) is 5.26 Å². The van der Waals surface area contributed by atoms with Crippen LogP contribution in [-0.2, 0) is 28.3 Å². The van der Waals surface area contributed by atoms with Gasteiger partial charge in [0.1, 0.15) is 24.1 Å². The Kier molecular flexibility index (Phi) is 5.07. The molecule has 1 fully saturated rings. The second-order valence-corrected chi connectivity index (χ2v) is 7.51. The van der Waals surface area contributed by atoms with Gasteiger partial charge < -0.3 is 29.5 Å². The van der Waals surface area contributed by atoms with Gasteiger partial charge in [0, 0.05) is 5.56 Å². The van der Waals surface area contributed by atoms with Gasteiger partial charge >= 0.3 is 0 Å². The van der Waals surface area contributed by atoms with E-state index in [4.69, 9.17) is 14.2 Å². The third kappa shape index (κ3) is 3.19. The van der Waals surface area contributed by atoms with Crippen LogP contribution in [0.25, 0.3) is 0 Å². The van der Waals surface area contributed by atoms with Crippen molar-refractivity contribution >= 4 is 0 Å². The number of methoxy groups -OCH3 is 1. The van der Waals surface area contributed by atoms with Crippen molar-refractivity contribution in [2.75, 3.05) is 7.11 Å². The summed E-state index contributed by atoms with van der Waals surface area (Å²) in [6, 6.07) is 13.3. The minimum atomic E-state index is -1.57. The Bertz CT molecular complexity index is 953. The predicted molar refractivity (Wildman–Crippen MR) is 102 cm³/mol. The van der Waals surface area contributed by atoms with E-state index in [9.17, 15) is 20.6 Å². The minimum absolute atomic E-state index is 0.138. The second-order valence-electron chi connectivity index (χ2n) is 7.51. The molecule has 2 heterocycles. The van der Waals surface area contributed by atoms with Crippen LogP contribution >= 0.6 is 0 Å². The maximum Gasteiger partial charge on any atom is 0.225 e. The van der Waals surface area contributed by atoms with Crippen LogP contribution in [0.1, 0.15) is 34.7 Å². The van der Waals surface area contributed by atoms with Gasteiger partial charge in [0.05, 0.1) is 31.5 Å². The number of hydrogen-bond acceptors (Lipinski definition) is 7. The van der Waals surface area contributed by atoms with Crippen molar-refractivity contribution in [2.45, 2.75) is 50.2 Å². The molecule has 29 heavy (non-hydrogen) atoms. The third-order valence-corrected chi connectivity index (χ3v) is 5.73. The van der Waals surface area contributed by atoms with E-state index in [1.807, 2.05) is 24.3 Å². The summed E-state index contributed by atoms with van der Waals surface area (Å²) in [5, 5.41) is 40.6. The quantitative estimate of drug-likeness (QED) is 0.716. The van der Waals surface area contributed by atoms with Gasteiger partial charge in [-0.25, -0.2) is 0 Å². The molecule has 4 rings (SSSR count). The van der Waals surface area contributed by atoms with Crippen LogP contribution in [0.3, 0.4) is 0 Å². The van der Waals surface area contributed by atoms with Gasteiger partial charge in [-0.05, 0) is 54.3 Å². The molecule has 2 aliphatic rings. The number of aliphatic hydroxyl groups excluding tert-OH is 3. The lowest BCUT2D eigenvalue weighted by Crippen LogP contribution is -2.62. The average molecular weight is 397 g/mol. The molecule has 5 atom stereocenters. The van der Waals surface area contributed by atoms with Gasteiger partial charge in [0.25, 0.3) is 0 Å². The zero-order valence-electron chi connectivity index (χ0n) is 16.2. The lowest BCUT2D eigenvalue weighted by atomic mass is 9.85. The lowest BCUT2D eigenvalue weighted by Gasteiger charge is -2.45. The Morgan fingerprint density at radius 3 is 2.55 bits per heavy atom. The van der Waals surface area contributed by atoms with Gasteiger partial charge in [-0.1, -0.05) is 12.1 Å². The first-order valence-corrected chi connectivity index (χ1v) is 9.45. The van der Waals surface area contributed by atoms with Crippen LogP contribution in [0, 0.1) is 11.3 Å². The number of nitriles is 1. The SMILES string of the molecule is COc1ccc(Cc2cc3c(cc2C#N)CO[C@]32O[C@H](C)[C@@H](O)[C@H](O)[C@H]2O)cc1. The highest BCUT2D eigenvalue weighted by Crippen LogP contribution is 2.46. The summed E-state index contributed by atoms with van der Waals surface area (Å²) in [4.78, 5) is 0. The Morgan fingerprint density at radius 2 is 1.90 bits per heavy atom. The van der Waals surface area contributed by atoms with E-state index in [1.54, 1.807) is 26.2 Å². The topological polar surface area (TPSA) is 112 Å². The molecule has 152 valence electrons. The first-order chi connectivity index (χ1) is 13.9. The Balaban J connectivity index is 1.74. The monoisotopic (exact) mass is 397 g/mol. The molecule has 7 nitrogen and oxygen atoms in total. The number of ether oxygens (including phenoxy) is 3. The summed E-state index contributed by atoms with van der Waals surface area (Å²) in [7, 11) is 1.60. The standard InChI is InChI=1S/C22H23NO6/c1-12-19(24)20(25)21(26)22(29-12)18-9-14(15(10-23)8-16(18)11-28-22)7-13-3-5-17(27-2)6-4-13/h3-6,8-9,12,19-21,24-26H,7,11H2,1-2H3/t12-,19-,20+,21-,22+/m1/s1. The van der Waals surface area contributed by atoms with Crippen LogP contribution in [0.5, 0.6) is 5.75 Å². The molecule has 0 aliphatic carbocycles. The summed E-state index contributed by atoms with van der Waals surface area (Å²) in [5.41, 5.74) is 3.55. The van der Waals surface area contributed by atoms with Crippen molar-refractivity contribution in [3.8, 4) is 11.8 Å². The maximum atomic E-state index is 10.7. The highest BCUT2D eigenvalue weighted by molar-refractivity contribution is 5.50. The molecule has 2 aromatic carbocycles. The van der Waals surface area contributed by atoms with Crippen LogP contribution in [0.15, 0.2) is 36.4 Å². The van der Waals surface area contributed by atoms with Crippen LogP contribution in [-0.4, -0.2) is 46.8 Å². The average Bonchev–Trinajstić information content (AvgIpc) is 3.09. The predicted octanol–water partition coefficient (Wildman–Crippen LogP) is 1.34. The molecule has 1 saturated heterocycles. The largest absolute Gasteiger partial charge is 0.497 e. The molecule has 3 N–H and O–H groups in total. The van der Waals surface area contributed by atoms with Crippen LogP contribution in [0.4, 0.5) is 0 Å². The number of hydrogen-bond donors (Lipinski definition) is 3. The third-order valence-electron chi connectivity index (χ3n) is 5.73. The van der Waals surface area contributed by atoms with Gasteiger partial charge in [-0.2, -0.15) is 5.26 Å². The van der Waals surface area contributed by atoms with E-state index in [-0.39, 0.29) is 6.61 Å². The maximum absolute atomic E-state index is 10.7. The van der Waals surface area contributed by atoms with Crippen LogP contribution in [0.2, 0.25) is 0 Å². The van der Waals surface area contributed by atoms with Gasteiger partial charge in [-0.3, -0.25) is 0 Å². The molecule has 7 heteroatoms. The lowest BCUT2D eigenvalue weighted by molar-refractivity contribution is -0.362. The smallest absolute Gasteiger partial charge is 0.225 e. The first kappa shape index (κ1) is 19.8. The Labute approximate surface area is 168 Å². The van der Waals surface area contributed by atoms with Gasteiger partial charge in [0.15, 0.2) is 0 Å². The Hall–Kier alpha value is -2.47. The van der Waals surface area contributed by atoms with E-state index in [0.717, 1.165) is 22.4 Å². The van der Waals surface area contributed by atoms with Gasteiger partial charge in [-0.15, -0.1) is 0 Å². The summed E-state index contributed by atoms with van der Waals surface area (Å²) >= 11 is 0. The number of benzene rings is 2. The molecule has 2 aromatic rings. The van der Waals surface area contributed by atoms with E-state index >= 15 is 0 Å². The number of fused-ring (bicyclic) bond motifs is 2. The van der Waals surface area contributed by atoms with E-state index < -0.39 is 30.2 Å². The van der Waals surface area contributed by atoms with Gasteiger partial charge in [0.2, 0.25) is 5.79 Å². The van der Waals surface area contributed by atoms with E-state index in [1.165, 1.54) is 0 Å². The van der Waals surface area contributed by atoms with Crippen molar-refractivity contribution in [1.82, 2.24) is 0 Å². The number of rotatable bonds is 3. The molecular formula is C22H23NO6. The van der Waals surface area contributed by atoms with Crippen LogP contribution < -0.4 is 4.74 Å². The summed E-state index contributed by atoms with van der Waals surface area (Å²) in [5.74, 6) is -0.827. The minimum Gasteiger partial charge on any atom is -0.497 e. The van der Waals surface area contributed by atoms with Crippen molar-refractivity contribution < 1.29 is 29.5 Å². The normalized spacial score (nSPS) is 30.8. The van der Waals surface area contributed by atoms with Crippen molar-refractivity contribution in [2.24, 2.45) is 0 Å². The number of aliphatic hydroxyl groups is 3. The van der Waals surface area contributed by atoms with Crippen molar-refractivity contribution in [3.63, 3.8) is 0 Å². The van der Waals surface area contributed by atoms with E-state index in [0.29, 0.717) is 17.5 Å². The molecule has 1 spiro atoms. The molecule has 0 bridgehead atoms. The molecule has 0 unspecified atom stereocenters. The fourth-order valence-electron chi connectivity index (χ4n) is 4.06. The second kappa shape index (κ2) is 7.41. The molecule has 0 amide bonds. The molecule has 0 saturated carbocycles. The van der Waals surface area contributed by atoms with Crippen molar-refractivity contribution in [3.05, 3.63) is 64.2 Å². The summed E-state index contributed by atoms with van der Waals surface area (Å²) in [6.45, 7) is 1.75. The summed E-state index contributed by atoms with van der Waals surface area (Å²) < 4.78 is 16.9. The highest BCUT2D eigenvalue weighted by atomic mass is 16.7. The zero-order chi connectivity index (χ0) is 20.8. The highest BCUT2D eigenvalue weighted by Gasteiger charge is 2.57. The summed E-state index contributed by atoms with van der Waals surface area (Å²) in [6.07, 6.45) is -4.34. The fourth-order valence-corrected chi connectivity index (χ4v) is 4.06. The molecule has 2 aliphatic heterocycles. The molecule has 0 radical (unpaired) electrons. The zero-order valence-corrected chi connectivity index (χ0v) is 16.2. The number of nitrogens with zero attached hydrogens (tertiary/aromatic N) is 1. The van der Waals surface area contributed by atoms with E-state index in [2.05, 4.69) is 6.07 Å².